The molecule has 2 N–H and O–H groups in total. The molecule has 0 saturated carbocycles. The van der Waals surface area contributed by atoms with Crippen LogP contribution in [-0.4, -0.2) is 9.55 Å². The number of nitrogens with two attached hydrogens (primary N) is 1. The molecule has 3 nitrogen and oxygen atoms in total. The fourth-order valence-corrected chi connectivity index (χ4v) is 2.08. The number of benzene rings is 1. The summed E-state index contributed by atoms with van der Waals surface area (Å²) >= 11 is 0. The first-order valence-corrected chi connectivity index (χ1v) is 5.78. The molecule has 1 aromatic heterocycles. The lowest BCUT2D eigenvalue weighted by Crippen LogP contribution is -2.07. The number of rotatable bonds is 2. The smallest absolute Gasteiger partial charge is 0.112 e. The summed E-state index contributed by atoms with van der Waals surface area (Å²) in [5.74, 6) is 1.56. The van der Waals surface area contributed by atoms with Crippen molar-refractivity contribution in [1.82, 2.24) is 9.55 Å². The van der Waals surface area contributed by atoms with Gasteiger partial charge in [0.25, 0.3) is 0 Å². The van der Waals surface area contributed by atoms with Gasteiger partial charge >= 0.3 is 0 Å². The van der Waals surface area contributed by atoms with Crippen molar-refractivity contribution in [2.45, 2.75) is 39.7 Å². The molecule has 0 aliphatic heterocycles. The molecule has 2 rings (SSSR count). The molecular weight excluding hydrogens is 198 g/mol. The topological polar surface area (TPSA) is 43.8 Å². The van der Waals surface area contributed by atoms with Gasteiger partial charge in [-0.1, -0.05) is 13.8 Å². The molecule has 0 aliphatic carbocycles. The standard InChI is InChI=1S/C13H19N3/c1-8(2)13-15-11-7-10(14)5-6-12(11)16(13)9(3)4/h5-9H,14H2,1-4H3. The van der Waals surface area contributed by atoms with Crippen LogP contribution < -0.4 is 5.73 Å². The predicted molar refractivity (Wildman–Crippen MR) is 68.6 cm³/mol. The van der Waals surface area contributed by atoms with Crippen molar-refractivity contribution in [2.24, 2.45) is 0 Å². The van der Waals surface area contributed by atoms with Crippen LogP contribution in [0.2, 0.25) is 0 Å². The molecule has 0 spiro atoms. The second-order valence-corrected chi connectivity index (χ2v) is 4.84. The molecule has 0 saturated heterocycles. The molecule has 2 aromatic rings. The van der Waals surface area contributed by atoms with Crippen LogP contribution in [0.4, 0.5) is 5.69 Å². The van der Waals surface area contributed by atoms with E-state index < -0.39 is 0 Å². The quantitative estimate of drug-likeness (QED) is 0.784. The molecule has 1 heterocycles. The van der Waals surface area contributed by atoms with E-state index in [0.717, 1.165) is 17.0 Å². The Bertz CT molecular complexity index is 509. The van der Waals surface area contributed by atoms with Crippen molar-refractivity contribution in [3.63, 3.8) is 0 Å². The van der Waals surface area contributed by atoms with Crippen molar-refractivity contribution in [3.05, 3.63) is 24.0 Å². The van der Waals surface area contributed by atoms with Gasteiger partial charge in [0.15, 0.2) is 0 Å². The Balaban J connectivity index is 2.75. The second kappa shape index (κ2) is 3.81. The summed E-state index contributed by atoms with van der Waals surface area (Å²) in [6.45, 7) is 8.71. The second-order valence-electron chi connectivity index (χ2n) is 4.84. The van der Waals surface area contributed by atoms with Gasteiger partial charge in [-0.15, -0.1) is 0 Å². The van der Waals surface area contributed by atoms with E-state index in [1.807, 2.05) is 12.1 Å². The highest BCUT2D eigenvalue weighted by molar-refractivity contribution is 5.80. The third kappa shape index (κ3) is 1.66. The molecule has 0 amide bonds. The first-order chi connectivity index (χ1) is 7.50. The van der Waals surface area contributed by atoms with Crippen molar-refractivity contribution in [1.29, 1.82) is 0 Å². The van der Waals surface area contributed by atoms with E-state index in [9.17, 15) is 0 Å². The van der Waals surface area contributed by atoms with Crippen LogP contribution in [0.3, 0.4) is 0 Å². The zero-order valence-electron chi connectivity index (χ0n) is 10.4. The van der Waals surface area contributed by atoms with Crippen LogP contribution in [0.5, 0.6) is 0 Å². The van der Waals surface area contributed by atoms with Gasteiger partial charge in [0.1, 0.15) is 5.82 Å². The maximum atomic E-state index is 5.79. The van der Waals surface area contributed by atoms with Gasteiger partial charge in [-0.25, -0.2) is 4.98 Å². The normalized spacial score (nSPS) is 11.9. The molecule has 1 aromatic carbocycles. The van der Waals surface area contributed by atoms with Gasteiger partial charge in [-0.05, 0) is 32.0 Å². The van der Waals surface area contributed by atoms with Gasteiger partial charge < -0.3 is 10.3 Å². The molecule has 0 atom stereocenters. The molecule has 0 unspecified atom stereocenters. The van der Waals surface area contributed by atoms with Crippen LogP contribution >= 0.6 is 0 Å². The minimum atomic E-state index is 0.422. The molecule has 0 radical (unpaired) electrons. The van der Waals surface area contributed by atoms with E-state index in [4.69, 9.17) is 5.73 Å². The molecule has 86 valence electrons. The third-order valence-corrected chi connectivity index (χ3v) is 2.77. The summed E-state index contributed by atoms with van der Waals surface area (Å²) in [4.78, 5) is 4.68. The summed E-state index contributed by atoms with van der Waals surface area (Å²) in [6.07, 6.45) is 0. The van der Waals surface area contributed by atoms with Crippen LogP contribution in [0.15, 0.2) is 18.2 Å². The lowest BCUT2D eigenvalue weighted by molar-refractivity contribution is 0.564. The third-order valence-electron chi connectivity index (χ3n) is 2.77. The largest absolute Gasteiger partial charge is 0.399 e. The highest BCUT2D eigenvalue weighted by Gasteiger charge is 2.15. The molecule has 0 bridgehead atoms. The van der Waals surface area contributed by atoms with E-state index in [1.165, 1.54) is 5.52 Å². The minimum absolute atomic E-state index is 0.422. The van der Waals surface area contributed by atoms with Gasteiger partial charge in [0, 0.05) is 17.6 Å². The Labute approximate surface area is 96.3 Å². The number of nitrogen functional groups attached to an aromatic ring is 1. The lowest BCUT2D eigenvalue weighted by atomic mass is 10.2. The summed E-state index contributed by atoms with van der Waals surface area (Å²) < 4.78 is 2.29. The molecule has 3 heteroatoms. The van der Waals surface area contributed by atoms with Crippen LogP contribution in [-0.2, 0) is 0 Å². The molecule has 0 aliphatic rings. The average Bonchev–Trinajstić information content (AvgIpc) is 2.55. The number of hydrogen-bond donors (Lipinski definition) is 1. The van der Waals surface area contributed by atoms with Crippen LogP contribution in [0, 0.1) is 0 Å². The summed E-state index contributed by atoms with van der Waals surface area (Å²) in [5, 5.41) is 0. The molecule has 16 heavy (non-hydrogen) atoms. The summed E-state index contributed by atoms with van der Waals surface area (Å²) in [6, 6.07) is 6.36. The van der Waals surface area contributed by atoms with Crippen molar-refractivity contribution in [2.75, 3.05) is 5.73 Å². The number of imidazole rings is 1. The summed E-state index contributed by atoms with van der Waals surface area (Å²) in [5.41, 5.74) is 8.73. The molecular formula is C13H19N3. The van der Waals surface area contributed by atoms with E-state index in [-0.39, 0.29) is 0 Å². The van der Waals surface area contributed by atoms with E-state index in [0.29, 0.717) is 12.0 Å². The summed E-state index contributed by atoms with van der Waals surface area (Å²) in [7, 11) is 0. The fourth-order valence-electron chi connectivity index (χ4n) is 2.08. The van der Waals surface area contributed by atoms with Crippen molar-refractivity contribution < 1.29 is 0 Å². The zero-order chi connectivity index (χ0) is 11.9. The minimum Gasteiger partial charge on any atom is -0.399 e. The zero-order valence-corrected chi connectivity index (χ0v) is 10.4. The number of aromatic nitrogens is 2. The highest BCUT2D eigenvalue weighted by Crippen LogP contribution is 2.26. The Kier molecular flexibility index (Phi) is 2.62. The number of hydrogen-bond acceptors (Lipinski definition) is 2. The average molecular weight is 217 g/mol. The van der Waals surface area contributed by atoms with Crippen molar-refractivity contribution >= 4 is 16.7 Å². The van der Waals surface area contributed by atoms with E-state index in [2.05, 4.69) is 43.3 Å². The first-order valence-electron chi connectivity index (χ1n) is 5.78. The van der Waals surface area contributed by atoms with E-state index >= 15 is 0 Å². The van der Waals surface area contributed by atoms with Gasteiger partial charge in [-0.2, -0.15) is 0 Å². The maximum Gasteiger partial charge on any atom is 0.112 e. The van der Waals surface area contributed by atoms with E-state index in [1.54, 1.807) is 0 Å². The van der Waals surface area contributed by atoms with Gasteiger partial charge in [0.05, 0.1) is 11.0 Å². The Morgan fingerprint density at radius 2 is 1.88 bits per heavy atom. The SMILES string of the molecule is CC(C)c1nc2cc(N)ccc2n1C(C)C. The first kappa shape index (κ1) is 11.0. The number of fused-ring (bicyclic) bond motifs is 1. The Hall–Kier alpha value is -1.51. The lowest BCUT2D eigenvalue weighted by Gasteiger charge is -2.14. The Morgan fingerprint density at radius 1 is 1.19 bits per heavy atom. The number of anilines is 1. The van der Waals surface area contributed by atoms with Gasteiger partial charge in [-0.3, -0.25) is 0 Å². The highest BCUT2D eigenvalue weighted by atomic mass is 15.1. The molecule has 0 fully saturated rings. The maximum absolute atomic E-state index is 5.79. The monoisotopic (exact) mass is 217 g/mol. The predicted octanol–water partition coefficient (Wildman–Crippen LogP) is 3.32. The van der Waals surface area contributed by atoms with Gasteiger partial charge in [0.2, 0.25) is 0 Å². The number of nitrogens with zero attached hydrogens (tertiary/aromatic N) is 2. The van der Waals surface area contributed by atoms with Crippen molar-refractivity contribution in [3.8, 4) is 0 Å². The Morgan fingerprint density at radius 3 is 2.44 bits per heavy atom. The van der Waals surface area contributed by atoms with Crippen LogP contribution in [0.25, 0.3) is 11.0 Å². The fraction of sp³-hybridized carbons (Fsp3) is 0.462. The van der Waals surface area contributed by atoms with Crippen LogP contribution in [0.1, 0.15) is 45.5 Å².